The molecule has 158 valence electrons. The zero-order valence-electron chi connectivity index (χ0n) is 16.2. The van der Waals surface area contributed by atoms with Gasteiger partial charge in [0.2, 0.25) is 15.7 Å². The molecule has 1 saturated carbocycles. The SMILES string of the molecule is COC(=O)Nc1ccc(S(=O)(=O)NC2CCC(Oc3nccnc3C#N)CC2)cc1. The van der Waals surface area contributed by atoms with Gasteiger partial charge in [0.1, 0.15) is 12.2 Å². The van der Waals surface area contributed by atoms with Gasteiger partial charge in [0, 0.05) is 24.1 Å². The third-order valence-electron chi connectivity index (χ3n) is 4.64. The zero-order valence-corrected chi connectivity index (χ0v) is 17.1. The Morgan fingerprint density at radius 2 is 1.80 bits per heavy atom. The van der Waals surface area contributed by atoms with Crippen LogP contribution in [0.4, 0.5) is 10.5 Å². The maximum absolute atomic E-state index is 12.6. The van der Waals surface area contributed by atoms with Crippen LogP contribution in [-0.2, 0) is 14.8 Å². The number of hydrogen-bond acceptors (Lipinski definition) is 8. The highest BCUT2D eigenvalue weighted by atomic mass is 32.2. The van der Waals surface area contributed by atoms with Crippen LogP contribution in [0.15, 0.2) is 41.6 Å². The monoisotopic (exact) mass is 431 g/mol. The summed E-state index contributed by atoms with van der Waals surface area (Å²) in [6.45, 7) is 0. The first-order chi connectivity index (χ1) is 14.4. The predicted molar refractivity (Wildman–Crippen MR) is 106 cm³/mol. The van der Waals surface area contributed by atoms with Crippen LogP contribution in [0.5, 0.6) is 5.88 Å². The molecule has 0 atom stereocenters. The second kappa shape index (κ2) is 9.51. The van der Waals surface area contributed by atoms with Gasteiger partial charge in [-0.05, 0) is 49.9 Å². The van der Waals surface area contributed by atoms with E-state index in [9.17, 15) is 13.2 Å². The number of methoxy groups -OCH3 is 1. The first-order valence-electron chi connectivity index (χ1n) is 9.26. The summed E-state index contributed by atoms with van der Waals surface area (Å²) in [7, 11) is -2.45. The number of carbonyl (C=O) groups excluding carboxylic acids is 1. The standard InChI is InChI=1S/C19H21N5O5S/c1-28-19(25)23-13-4-8-16(9-5-13)30(26,27)24-14-2-6-15(7-3-14)29-18-17(12-20)21-10-11-22-18/h4-5,8-11,14-15,24H,2-3,6-7H2,1H3,(H,23,25). The van der Waals surface area contributed by atoms with Gasteiger partial charge >= 0.3 is 6.09 Å². The number of rotatable bonds is 6. The second-order valence-corrected chi connectivity index (χ2v) is 8.39. The molecule has 3 rings (SSSR count). The van der Waals surface area contributed by atoms with Crippen molar-refractivity contribution in [2.75, 3.05) is 12.4 Å². The first kappa shape index (κ1) is 21.5. The molecule has 1 fully saturated rings. The van der Waals surface area contributed by atoms with E-state index in [0.29, 0.717) is 31.4 Å². The summed E-state index contributed by atoms with van der Waals surface area (Å²) in [4.78, 5) is 19.3. The molecule has 2 N–H and O–H groups in total. The third kappa shape index (κ3) is 5.43. The number of amides is 1. The van der Waals surface area contributed by atoms with Gasteiger partial charge in [0.05, 0.1) is 12.0 Å². The Morgan fingerprint density at radius 1 is 1.13 bits per heavy atom. The van der Waals surface area contributed by atoms with E-state index in [1.165, 1.54) is 43.8 Å². The van der Waals surface area contributed by atoms with E-state index in [1.54, 1.807) is 0 Å². The quantitative estimate of drug-likeness (QED) is 0.708. The number of aromatic nitrogens is 2. The van der Waals surface area contributed by atoms with Crippen molar-refractivity contribution >= 4 is 21.8 Å². The van der Waals surface area contributed by atoms with Crippen LogP contribution in [-0.4, -0.2) is 43.7 Å². The molecule has 11 heteroatoms. The smallest absolute Gasteiger partial charge is 0.411 e. The molecule has 1 aromatic carbocycles. The summed E-state index contributed by atoms with van der Waals surface area (Å²) in [5.74, 6) is 0.199. The molecule has 1 aromatic heterocycles. The van der Waals surface area contributed by atoms with Crippen LogP contribution >= 0.6 is 0 Å². The lowest BCUT2D eigenvalue weighted by Crippen LogP contribution is -2.39. The maximum Gasteiger partial charge on any atom is 0.411 e. The predicted octanol–water partition coefficient (Wildman–Crippen LogP) is 2.20. The molecule has 1 amide bonds. The van der Waals surface area contributed by atoms with Crippen LogP contribution in [0.2, 0.25) is 0 Å². The fraction of sp³-hybridized carbons (Fsp3) is 0.368. The Morgan fingerprint density at radius 3 is 2.43 bits per heavy atom. The minimum absolute atomic E-state index is 0.106. The van der Waals surface area contributed by atoms with Gasteiger partial charge in [-0.3, -0.25) is 5.32 Å². The number of sulfonamides is 1. The van der Waals surface area contributed by atoms with E-state index in [0.717, 1.165) is 0 Å². The fourth-order valence-corrected chi connectivity index (χ4v) is 4.42. The number of hydrogen-bond donors (Lipinski definition) is 2. The van der Waals surface area contributed by atoms with Crippen LogP contribution in [0.3, 0.4) is 0 Å². The number of anilines is 1. The number of ether oxygens (including phenoxy) is 2. The summed E-state index contributed by atoms with van der Waals surface area (Å²) in [6, 6.07) is 7.53. The summed E-state index contributed by atoms with van der Waals surface area (Å²) in [5, 5.41) is 11.5. The fourth-order valence-electron chi connectivity index (χ4n) is 3.12. The Balaban J connectivity index is 1.55. The number of nitrogens with zero attached hydrogens (tertiary/aromatic N) is 3. The summed E-state index contributed by atoms with van der Waals surface area (Å²) in [6.07, 6.45) is 4.52. The molecule has 1 heterocycles. The van der Waals surface area contributed by atoms with E-state index in [2.05, 4.69) is 24.7 Å². The van der Waals surface area contributed by atoms with Crippen molar-refractivity contribution in [3.05, 3.63) is 42.4 Å². The molecular weight excluding hydrogens is 410 g/mol. The third-order valence-corrected chi connectivity index (χ3v) is 6.18. The minimum atomic E-state index is -3.70. The van der Waals surface area contributed by atoms with Gasteiger partial charge < -0.3 is 9.47 Å². The van der Waals surface area contributed by atoms with Crippen molar-refractivity contribution in [1.29, 1.82) is 5.26 Å². The number of benzene rings is 1. The highest BCUT2D eigenvalue weighted by Gasteiger charge is 2.27. The lowest BCUT2D eigenvalue weighted by molar-refractivity contribution is 0.137. The minimum Gasteiger partial charge on any atom is -0.472 e. The van der Waals surface area contributed by atoms with Gasteiger partial charge in [-0.25, -0.2) is 27.9 Å². The van der Waals surface area contributed by atoms with Crippen LogP contribution < -0.4 is 14.8 Å². The molecule has 0 spiro atoms. The van der Waals surface area contributed by atoms with Gasteiger partial charge in [0.25, 0.3) is 5.88 Å². The van der Waals surface area contributed by atoms with E-state index in [-0.39, 0.29) is 28.6 Å². The van der Waals surface area contributed by atoms with Crippen LogP contribution in [0.25, 0.3) is 0 Å². The van der Waals surface area contributed by atoms with Gasteiger partial charge in [-0.15, -0.1) is 0 Å². The Bertz CT molecular complexity index is 1030. The molecule has 0 bridgehead atoms. The van der Waals surface area contributed by atoms with E-state index >= 15 is 0 Å². The van der Waals surface area contributed by atoms with Crippen molar-refractivity contribution in [1.82, 2.24) is 14.7 Å². The van der Waals surface area contributed by atoms with Crippen molar-refractivity contribution in [3.8, 4) is 11.9 Å². The molecule has 0 saturated heterocycles. The Labute approximate surface area is 174 Å². The normalized spacial score (nSPS) is 18.8. The highest BCUT2D eigenvalue weighted by molar-refractivity contribution is 7.89. The van der Waals surface area contributed by atoms with Crippen molar-refractivity contribution in [2.24, 2.45) is 0 Å². The maximum atomic E-state index is 12.6. The van der Waals surface area contributed by atoms with E-state index < -0.39 is 16.1 Å². The van der Waals surface area contributed by atoms with Crippen molar-refractivity contribution < 1.29 is 22.7 Å². The molecule has 30 heavy (non-hydrogen) atoms. The average Bonchev–Trinajstić information content (AvgIpc) is 2.75. The average molecular weight is 431 g/mol. The lowest BCUT2D eigenvalue weighted by atomic mass is 9.94. The van der Waals surface area contributed by atoms with Gasteiger partial charge in [-0.2, -0.15) is 5.26 Å². The second-order valence-electron chi connectivity index (χ2n) is 6.68. The highest BCUT2D eigenvalue weighted by Crippen LogP contribution is 2.25. The van der Waals surface area contributed by atoms with Crippen molar-refractivity contribution in [2.45, 2.75) is 42.7 Å². The van der Waals surface area contributed by atoms with Gasteiger partial charge in [-0.1, -0.05) is 0 Å². The summed E-state index contributed by atoms with van der Waals surface area (Å²) in [5.41, 5.74) is 0.560. The lowest BCUT2D eigenvalue weighted by Gasteiger charge is -2.29. The molecule has 10 nitrogen and oxygen atoms in total. The van der Waals surface area contributed by atoms with Crippen molar-refractivity contribution in [3.63, 3.8) is 0 Å². The molecule has 1 aliphatic carbocycles. The molecule has 2 aromatic rings. The van der Waals surface area contributed by atoms with E-state index in [1.807, 2.05) is 6.07 Å². The topological polar surface area (TPSA) is 143 Å². The Kier molecular flexibility index (Phi) is 6.81. The molecule has 1 aliphatic rings. The first-order valence-corrected chi connectivity index (χ1v) is 10.7. The largest absolute Gasteiger partial charge is 0.472 e. The number of nitrogens with one attached hydrogen (secondary N) is 2. The molecule has 0 unspecified atom stereocenters. The molecular formula is C19H21N5O5S. The zero-order chi connectivity index (χ0) is 21.6. The number of carbonyl (C=O) groups is 1. The molecule has 0 radical (unpaired) electrons. The molecule has 0 aliphatic heterocycles. The Hall–Kier alpha value is -3.23. The summed E-state index contributed by atoms with van der Waals surface area (Å²) >= 11 is 0. The van der Waals surface area contributed by atoms with Crippen LogP contribution in [0.1, 0.15) is 31.4 Å². The van der Waals surface area contributed by atoms with Crippen LogP contribution in [0, 0.1) is 11.3 Å². The number of nitriles is 1. The van der Waals surface area contributed by atoms with E-state index in [4.69, 9.17) is 10.00 Å². The summed E-state index contributed by atoms with van der Waals surface area (Å²) < 4.78 is 38.3. The van der Waals surface area contributed by atoms with Gasteiger partial charge in [0.15, 0.2) is 0 Å².